The largest absolute Gasteiger partial charge is 0.348 e. The van der Waals surface area contributed by atoms with Crippen molar-refractivity contribution in [2.45, 2.75) is 166 Å². The van der Waals surface area contributed by atoms with Crippen LogP contribution in [0.15, 0.2) is 0 Å². The summed E-state index contributed by atoms with van der Waals surface area (Å²) < 4.78 is 30.5. The van der Waals surface area contributed by atoms with Gasteiger partial charge in [0, 0.05) is 0 Å². The third kappa shape index (κ3) is 9.23. The number of fused-ring (bicyclic) bond motifs is 1. The summed E-state index contributed by atoms with van der Waals surface area (Å²) in [6.45, 7) is 10.7. The SMILES string of the molecule is CCCCCCCCCCCCCCCCS[C@@H]1[C@H]2OC(C)(C)O[C@H]2O[C@@H]1[C@H]1COC(C)(C)O1. The lowest BCUT2D eigenvalue weighted by atomic mass is 10.0. The lowest BCUT2D eigenvalue weighted by molar-refractivity contribution is -0.219. The third-order valence-corrected chi connectivity index (χ3v) is 8.68. The van der Waals surface area contributed by atoms with E-state index in [2.05, 4.69) is 6.92 Å². The normalized spacial score (nSPS) is 31.9. The van der Waals surface area contributed by atoms with E-state index < -0.39 is 11.6 Å². The third-order valence-electron chi connectivity index (χ3n) is 7.23. The first kappa shape index (κ1) is 28.7. The highest BCUT2D eigenvalue weighted by Gasteiger charge is 2.58. The second-order valence-electron chi connectivity index (χ2n) is 11.4. The van der Waals surface area contributed by atoms with Crippen molar-refractivity contribution in [1.82, 2.24) is 0 Å². The van der Waals surface area contributed by atoms with Crippen molar-refractivity contribution < 1.29 is 23.7 Å². The zero-order valence-electron chi connectivity index (χ0n) is 22.6. The Morgan fingerprint density at radius 2 is 1.21 bits per heavy atom. The van der Waals surface area contributed by atoms with E-state index in [0.717, 1.165) is 5.75 Å². The minimum atomic E-state index is -0.583. The maximum absolute atomic E-state index is 6.31. The smallest absolute Gasteiger partial charge is 0.188 e. The fraction of sp³-hybridized carbons (Fsp3) is 1.00. The quantitative estimate of drug-likeness (QED) is 0.192. The summed E-state index contributed by atoms with van der Waals surface area (Å²) in [6.07, 6.45) is 19.1. The van der Waals surface area contributed by atoms with Crippen LogP contribution in [0.5, 0.6) is 0 Å². The highest BCUT2D eigenvalue weighted by atomic mass is 32.2. The molecule has 3 rings (SSSR count). The molecule has 0 N–H and O–H groups in total. The van der Waals surface area contributed by atoms with Gasteiger partial charge in [0.25, 0.3) is 0 Å². The van der Waals surface area contributed by atoms with E-state index >= 15 is 0 Å². The molecule has 0 amide bonds. The number of thioether (sulfide) groups is 1. The summed E-state index contributed by atoms with van der Waals surface area (Å²) in [6, 6.07) is 0. The molecule has 0 bridgehead atoms. The zero-order valence-corrected chi connectivity index (χ0v) is 23.5. The highest BCUT2D eigenvalue weighted by molar-refractivity contribution is 8.00. The maximum Gasteiger partial charge on any atom is 0.188 e. The van der Waals surface area contributed by atoms with Gasteiger partial charge < -0.3 is 23.7 Å². The van der Waals surface area contributed by atoms with Gasteiger partial charge in [0.1, 0.15) is 18.3 Å². The Hall–Kier alpha value is 0.150. The first-order chi connectivity index (χ1) is 16.3. The summed E-state index contributed by atoms with van der Waals surface area (Å²) in [4.78, 5) is 0. The first-order valence-electron chi connectivity index (χ1n) is 14.3. The number of unbranched alkanes of at least 4 members (excludes halogenated alkanes) is 13. The van der Waals surface area contributed by atoms with E-state index in [1.807, 2.05) is 39.5 Å². The molecule has 0 saturated carbocycles. The van der Waals surface area contributed by atoms with Crippen LogP contribution in [0.25, 0.3) is 0 Å². The van der Waals surface area contributed by atoms with Crippen LogP contribution in [0.4, 0.5) is 0 Å². The average molecular weight is 501 g/mol. The summed E-state index contributed by atoms with van der Waals surface area (Å²) in [5.41, 5.74) is 0. The number of rotatable bonds is 17. The van der Waals surface area contributed by atoms with Gasteiger partial charge >= 0.3 is 0 Å². The Kier molecular flexibility index (Phi) is 12.0. The number of ether oxygens (including phenoxy) is 5. The molecule has 0 radical (unpaired) electrons. The molecule has 5 atom stereocenters. The van der Waals surface area contributed by atoms with Gasteiger partial charge in [-0.05, 0) is 39.9 Å². The molecule has 3 heterocycles. The molecular weight excluding hydrogens is 448 g/mol. The molecule has 0 aromatic carbocycles. The predicted octanol–water partition coefficient (Wildman–Crippen LogP) is 7.60. The molecule has 0 aliphatic carbocycles. The Balaban J connectivity index is 1.25. The van der Waals surface area contributed by atoms with Crippen LogP contribution in [-0.4, -0.2) is 53.8 Å². The van der Waals surface area contributed by atoms with Gasteiger partial charge in [-0.2, -0.15) is 11.8 Å². The van der Waals surface area contributed by atoms with Crippen molar-refractivity contribution in [2.75, 3.05) is 12.4 Å². The molecule has 5 nitrogen and oxygen atoms in total. The van der Waals surface area contributed by atoms with E-state index in [-0.39, 0.29) is 29.9 Å². The molecule has 0 aromatic rings. The highest BCUT2D eigenvalue weighted by Crippen LogP contribution is 2.45. The molecule has 0 unspecified atom stereocenters. The fourth-order valence-electron chi connectivity index (χ4n) is 5.39. The van der Waals surface area contributed by atoms with Crippen molar-refractivity contribution in [3.8, 4) is 0 Å². The fourth-order valence-corrected chi connectivity index (χ4v) is 6.83. The van der Waals surface area contributed by atoms with Crippen molar-refractivity contribution in [1.29, 1.82) is 0 Å². The molecule has 34 heavy (non-hydrogen) atoms. The molecule has 3 aliphatic heterocycles. The Labute approximate surface area is 213 Å². The van der Waals surface area contributed by atoms with E-state index in [4.69, 9.17) is 23.7 Å². The second kappa shape index (κ2) is 14.2. The molecule has 0 aromatic heterocycles. The average Bonchev–Trinajstić information content (AvgIpc) is 3.39. The van der Waals surface area contributed by atoms with Crippen LogP contribution in [0, 0.1) is 0 Å². The Morgan fingerprint density at radius 1 is 0.647 bits per heavy atom. The van der Waals surface area contributed by atoms with Crippen LogP contribution in [0.2, 0.25) is 0 Å². The molecule has 200 valence electrons. The summed E-state index contributed by atoms with van der Waals surface area (Å²) in [7, 11) is 0. The Morgan fingerprint density at radius 3 is 1.74 bits per heavy atom. The number of hydrogen-bond donors (Lipinski definition) is 0. The van der Waals surface area contributed by atoms with E-state index in [9.17, 15) is 0 Å². The number of hydrogen-bond acceptors (Lipinski definition) is 6. The van der Waals surface area contributed by atoms with Crippen molar-refractivity contribution in [2.24, 2.45) is 0 Å². The molecule has 0 spiro atoms. The maximum atomic E-state index is 6.31. The molecule has 3 aliphatic rings. The van der Waals surface area contributed by atoms with Crippen molar-refractivity contribution in [3.63, 3.8) is 0 Å². The van der Waals surface area contributed by atoms with Crippen molar-refractivity contribution >= 4 is 11.8 Å². The van der Waals surface area contributed by atoms with Crippen LogP contribution < -0.4 is 0 Å². The van der Waals surface area contributed by atoms with Crippen LogP contribution in [-0.2, 0) is 23.7 Å². The lowest BCUT2D eigenvalue weighted by Gasteiger charge is -2.28. The van der Waals surface area contributed by atoms with Gasteiger partial charge in [-0.25, -0.2) is 0 Å². The second-order valence-corrected chi connectivity index (χ2v) is 12.7. The van der Waals surface area contributed by atoms with Gasteiger partial charge in [-0.15, -0.1) is 0 Å². The van der Waals surface area contributed by atoms with Gasteiger partial charge in [0.15, 0.2) is 17.9 Å². The minimum absolute atomic E-state index is 0.0380. The van der Waals surface area contributed by atoms with Gasteiger partial charge in [0.2, 0.25) is 0 Å². The predicted molar refractivity (Wildman–Crippen MR) is 140 cm³/mol. The van der Waals surface area contributed by atoms with E-state index in [1.54, 1.807) is 0 Å². The standard InChI is InChI=1S/C28H52O5S/c1-6-7-8-9-10-11-12-13-14-15-16-17-18-19-20-34-25-23(22-21-29-27(2,3)31-22)30-26-24(25)32-28(4,5)33-26/h22-26H,6-21H2,1-5H3/t22-,23-,24-,25+,26-/m1/s1. The van der Waals surface area contributed by atoms with Crippen LogP contribution >= 0.6 is 11.8 Å². The van der Waals surface area contributed by atoms with Gasteiger partial charge in [0.05, 0.1) is 11.9 Å². The summed E-state index contributed by atoms with van der Waals surface area (Å²) in [5, 5.41) is 0.219. The van der Waals surface area contributed by atoms with Gasteiger partial charge in [-0.3, -0.25) is 0 Å². The zero-order chi connectivity index (χ0) is 24.4. The van der Waals surface area contributed by atoms with E-state index in [1.165, 1.54) is 89.9 Å². The van der Waals surface area contributed by atoms with Crippen LogP contribution in [0.1, 0.15) is 125 Å². The lowest BCUT2D eigenvalue weighted by Crippen LogP contribution is -2.41. The molecule has 3 saturated heterocycles. The van der Waals surface area contributed by atoms with Crippen LogP contribution in [0.3, 0.4) is 0 Å². The summed E-state index contributed by atoms with van der Waals surface area (Å²) >= 11 is 1.97. The Bertz CT molecular complexity index is 569. The van der Waals surface area contributed by atoms with E-state index in [0.29, 0.717) is 6.61 Å². The summed E-state index contributed by atoms with van der Waals surface area (Å²) in [5.74, 6) is 0.00354. The molecule has 3 fully saturated rings. The monoisotopic (exact) mass is 500 g/mol. The molecule has 6 heteroatoms. The minimum Gasteiger partial charge on any atom is -0.348 e. The molecular formula is C28H52O5S. The first-order valence-corrected chi connectivity index (χ1v) is 15.3. The van der Waals surface area contributed by atoms with Gasteiger partial charge in [-0.1, -0.05) is 90.4 Å². The topological polar surface area (TPSA) is 46.2 Å². The van der Waals surface area contributed by atoms with Crippen molar-refractivity contribution in [3.05, 3.63) is 0 Å².